The Balaban J connectivity index is 2.02. The van der Waals surface area contributed by atoms with Crippen LogP contribution in [0.25, 0.3) is 0 Å². The summed E-state index contributed by atoms with van der Waals surface area (Å²) in [5.41, 5.74) is 1.03. The number of aromatic nitrogens is 3. The molecule has 0 aromatic carbocycles. The first-order valence-electron chi connectivity index (χ1n) is 5.68. The topological polar surface area (TPSA) is 80.0 Å². The van der Waals surface area contributed by atoms with Gasteiger partial charge in [-0.2, -0.15) is 5.10 Å². The molecule has 0 saturated heterocycles. The lowest BCUT2D eigenvalue weighted by Gasteiger charge is -2.07. The van der Waals surface area contributed by atoms with E-state index in [1.807, 2.05) is 19.3 Å². The van der Waals surface area contributed by atoms with Crippen LogP contribution in [-0.4, -0.2) is 32.4 Å². The first-order chi connectivity index (χ1) is 9.06. The third-order valence-electron chi connectivity index (χ3n) is 2.53. The van der Waals surface area contributed by atoms with Crippen molar-refractivity contribution < 1.29 is 9.90 Å². The minimum absolute atomic E-state index is 0.102. The van der Waals surface area contributed by atoms with Crippen molar-refractivity contribution in [2.75, 3.05) is 11.9 Å². The summed E-state index contributed by atoms with van der Waals surface area (Å²) in [5.74, 6) is -0.763. The third-order valence-corrected chi connectivity index (χ3v) is 2.74. The second-order valence-corrected chi connectivity index (χ2v) is 4.38. The third kappa shape index (κ3) is 3.45. The summed E-state index contributed by atoms with van der Waals surface area (Å²) in [7, 11) is 1.85. The van der Waals surface area contributed by atoms with Gasteiger partial charge >= 0.3 is 5.97 Å². The molecule has 6 nitrogen and oxygen atoms in total. The molecule has 2 aromatic heterocycles. The maximum absolute atomic E-state index is 11.0. The fourth-order valence-electron chi connectivity index (χ4n) is 1.65. The highest BCUT2D eigenvalue weighted by atomic mass is 35.5. The molecule has 0 aliphatic rings. The molecule has 0 radical (unpaired) electrons. The van der Waals surface area contributed by atoms with Crippen molar-refractivity contribution in [3.05, 3.63) is 40.8 Å². The van der Waals surface area contributed by atoms with E-state index in [0.717, 1.165) is 5.69 Å². The number of anilines is 1. The fraction of sp³-hybridized carbons (Fsp3) is 0.250. The number of rotatable bonds is 5. The van der Waals surface area contributed by atoms with Crippen LogP contribution in [0.5, 0.6) is 0 Å². The Morgan fingerprint density at radius 1 is 1.47 bits per heavy atom. The maximum atomic E-state index is 11.0. The van der Waals surface area contributed by atoms with Crippen LogP contribution in [0.2, 0.25) is 5.15 Å². The summed E-state index contributed by atoms with van der Waals surface area (Å²) < 4.78 is 1.72. The second-order valence-electron chi connectivity index (χ2n) is 3.99. The van der Waals surface area contributed by atoms with Crippen LogP contribution < -0.4 is 5.32 Å². The van der Waals surface area contributed by atoms with E-state index in [-0.39, 0.29) is 16.5 Å². The van der Waals surface area contributed by atoms with Crippen LogP contribution in [0.15, 0.2) is 24.4 Å². The summed E-state index contributed by atoms with van der Waals surface area (Å²) in [6.45, 7) is 0.532. The number of carbonyl (C=O) groups is 1. The molecule has 2 N–H and O–H groups in total. The number of carboxylic acids is 1. The molecule has 2 rings (SSSR count). The minimum Gasteiger partial charge on any atom is -0.478 e. The van der Waals surface area contributed by atoms with Gasteiger partial charge in [0.05, 0.1) is 5.69 Å². The molecule has 0 aliphatic heterocycles. The summed E-state index contributed by atoms with van der Waals surface area (Å²) in [6.07, 6.45) is 2.53. The summed E-state index contributed by atoms with van der Waals surface area (Å²) in [6, 6.07) is 4.79. The van der Waals surface area contributed by atoms with E-state index < -0.39 is 5.97 Å². The Bertz CT molecular complexity index is 597. The predicted octanol–water partition coefficient (Wildman–Crippen LogP) is 1.82. The largest absolute Gasteiger partial charge is 0.478 e. The van der Waals surface area contributed by atoms with E-state index in [1.165, 1.54) is 12.1 Å². The summed E-state index contributed by atoms with van der Waals surface area (Å²) in [5, 5.41) is 16.5. The van der Waals surface area contributed by atoms with Gasteiger partial charge < -0.3 is 10.4 Å². The number of hydrogen-bond donors (Lipinski definition) is 2. The standard InChI is InChI=1S/C12H13ClN4O2/c1-17-7-5-8(16-17)4-6-14-11-9(12(18)19)2-3-10(13)15-11/h2-3,5,7H,4,6H2,1H3,(H,14,15)(H,18,19). The van der Waals surface area contributed by atoms with Crippen LogP contribution in [0.1, 0.15) is 16.1 Å². The van der Waals surface area contributed by atoms with Crippen molar-refractivity contribution in [2.45, 2.75) is 6.42 Å². The van der Waals surface area contributed by atoms with E-state index in [9.17, 15) is 4.79 Å². The van der Waals surface area contributed by atoms with E-state index in [2.05, 4.69) is 15.4 Å². The van der Waals surface area contributed by atoms with E-state index in [1.54, 1.807) is 4.68 Å². The zero-order chi connectivity index (χ0) is 13.8. The number of aromatic carboxylic acids is 1. The number of halogens is 1. The van der Waals surface area contributed by atoms with E-state index >= 15 is 0 Å². The Kier molecular flexibility index (Phi) is 4.01. The Morgan fingerprint density at radius 2 is 2.26 bits per heavy atom. The van der Waals surface area contributed by atoms with Crippen LogP contribution in [0.3, 0.4) is 0 Å². The van der Waals surface area contributed by atoms with Gasteiger partial charge in [-0.05, 0) is 18.2 Å². The fourth-order valence-corrected chi connectivity index (χ4v) is 1.80. The Morgan fingerprint density at radius 3 is 2.89 bits per heavy atom. The lowest BCUT2D eigenvalue weighted by Crippen LogP contribution is -2.11. The second kappa shape index (κ2) is 5.71. The van der Waals surface area contributed by atoms with E-state index in [0.29, 0.717) is 13.0 Å². The molecule has 0 unspecified atom stereocenters. The van der Waals surface area contributed by atoms with E-state index in [4.69, 9.17) is 16.7 Å². The minimum atomic E-state index is -1.04. The number of pyridine rings is 1. The first-order valence-corrected chi connectivity index (χ1v) is 6.06. The molecular weight excluding hydrogens is 268 g/mol. The van der Waals surface area contributed by atoms with Crippen LogP contribution >= 0.6 is 11.6 Å². The number of hydrogen-bond acceptors (Lipinski definition) is 4. The molecule has 0 amide bonds. The number of nitrogens with zero attached hydrogens (tertiary/aromatic N) is 3. The van der Waals surface area contributed by atoms with Crippen molar-refractivity contribution in [1.82, 2.24) is 14.8 Å². The quantitative estimate of drug-likeness (QED) is 0.817. The monoisotopic (exact) mass is 280 g/mol. The maximum Gasteiger partial charge on any atom is 0.339 e. The molecule has 0 atom stereocenters. The van der Waals surface area contributed by atoms with Crippen LogP contribution in [-0.2, 0) is 13.5 Å². The summed E-state index contributed by atoms with van der Waals surface area (Å²) >= 11 is 5.76. The van der Waals surface area contributed by atoms with Crippen molar-refractivity contribution in [1.29, 1.82) is 0 Å². The Hall–Kier alpha value is -2.08. The summed E-state index contributed by atoms with van der Waals surface area (Å²) in [4.78, 5) is 15.0. The van der Waals surface area contributed by atoms with Crippen LogP contribution in [0, 0.1) is 0 Å². The van der Waals surface area contributed by atoms with Gasteiger partial charge in [0.2, 0.25) is 0 Å². The molecule has 0 spiro atoms. The smallest absolute Gasteiger partial charge is 0.339 e. The van der Waals surface area contributed by atoms with Crippen molar-refractivity contribution in [3.8, 4) is 0 Å². The van der Waals surface area contributed by atoms with Crippen molar-refractivity contribution >= 4 is 23.4 Å². The molecule has 2 aromatic rings. The lowest BCUT2D eigenvalue weighted by molar-refractivity contribution is 0.0697. The molecule has 19 heavy (non-hydrogen) atoms. The predicted molar refractivity (Wildman–Crippen MR) is 71.6 cm³/mol. The number of aryl methyl sites for hydroxylation is 1. The van der Waals surface area contributed by atoms with Crippen molar-refractivity contribution in [3.63, 3.8) is 0 Å². The number of nitrogens with one attached hydrogen (secondary N) is 1. The molecule has 2 heterocycles. The lowest BCUT2D eigenvalue weighted by atomic mass is 10.2. The molecular formula is C12H13ClN4O2. The molecule has 7 heteroatoms. The zero-order valence-electron chi connectivity index (χ0n) is 10.3. The van der Waals surface area contributed by atoms with Gasteiger partial charge in [-0.25, -0.2) is 9.78 Å². The van der Waals surface area contributed by atoms with Crippen LogP contribution in [0.4, 0.5) is 5.82 Å². The SMILES string of the molecule is Cn1ccc(CCNc2nc(Cl)ccc2C(=O)O)n1. The molecule has 0 saturated carbocycles. The van der Waals surface area contributed by atoms with Gasteiger partial charge in [-0.3, -0.25) is 4.68 Å². The van der Waals surface area contributed by atoms with Gasteiger partial charge in [0.1, 0.15) is 16.5 Å². The van der Waals surface area contributed by atoms with Crippen molar-refractivity contribution in [2.24, 2.45) is 7.05 Å². The number of carboxylic acid groups (broad SMARTS) is 1. The highest BCUT2D eigenvalue weighted by Crippen LogP contribution is 2.16. The molecule has 0 fully saturated rings. The van der Waals surface area contributed by atoms with Gasteiger partial charge in [-0.15, -0.1) is 0 Å². The molecule has 100 valence electrons. The zero-order valence-corrected chi connectivity index (χ0v) is 11.1. The first kappa shape index (κ1) is 13.4. The normalized spacial score (nSPS) is 10.4. The van der Waals surface area contributed by atoms with Gasteiger partial charge in [0, 0.05) is 26.2 Å². The average molecular weight is 281 g/mol. The van der Waals surface area contributed by atoms with Gasteiger partial charge in [0.15, 0.2) is 0 Å². The average Bonchev–Trinajstić information content (AvgIpc) is 2.75. The highest BCUT2D eigenvalue weighted by Gasteiger charge is 2.11. The Labute approximate surface area is 115 Å². The van der Waals surface area contributed by atoms with Gasteiger partial charge in [-0.1, -0.05) is 11.6 Å². The highest BCUT2D eigenvalue weighted by molar-refractivity contribution is 6.29. The molecule has 0 bridgehead atoms. The molecule has 0 aliphatic carbocycles. The van der Waals surface area contributed by atoms with Gasteiger partial charge in [0.25, 0.3) is 0 Å².